The molecule has 0 spiro atoms. The first kappa shape index (κ1) is 15.5. The molecule has 3 heteroatoms. The van der Waals surface area contributed by atoms with E-state index in [1.165, 1.54) is 68.4 Å². The fourth-order valence-electron chi connectivity index (χ4n) is 4.21. The summed E-state index contributed by atoms with van der Waals surface area (Å²) in [5, 5.41) is 0. The topological polar surface area (TPSA) is 8.88 Å². The largest absolute Gasteiger partial charge is 0.323 e. The van der Waals surface area contributed by atoms with Gasteiger partial charge in [-0.05, 0) is 30.9 Å². The van der Waals surface area contributed by atoms with Crippen LogP contribution in [-0.4, -0.2) is 32.2 Å². The normalized spacial score (nSPS) is 33.8. The van der Waals surface area contributed by atoms with Gasteiger partial charge in [-0.3, -0.25) is 0 Å². The Bertz CT molecular complexity index is 437. The molecule has 2 fully saturated rings. The van der Waals surface area contributed by atoms with Crippen LogP contribution < -0.4 is 9.80 Å². The van der Waals surface area contributed by atoms with E-state index >= 15 is 0 Å². The molecule has 0 aromatic heterocycles. The number of benzene rings is 1. The van der Waals surface area contributed by atoms with Crippen molar-refractivity contribution in [3.63, 3.8) is 0 Å². The lowest BCUT2D eigenvalue weighted by atomic mass is 9.86. The summed E-state index contributed by atoms with van der Waals surface area (Å²) in [7, 11) is 0. The van der Waals surface area contributed by atoms with Gasteiger partial charge in [0.1, 0.15) is 32.7 Å². The molecule has 2 aliphatic rings. The first-order valence-corrected chi connectivity index (χ1v) is 9.42. The van der Waals surface area contributed by atoms with Crippen LogP contribution in [0.25, 0.3) is 0 Å². The highest BCUT2D eigenvalue weighted by Gasteiger charge is 2.32. The molecule has 3 rings (SSSR count). The SMILES string of the molecule is C[C@@H]1CCC[C@H]([NH+]2CC[NH+](Cc3ccc(Br)cc3)CC2)C1. The van der Waals surface area contributed by atoms with Crippen LogP contribution in [0.15, 0.2) is 28.7 Å². The van der Waals surface area contributed by atoms with E-state index in [1.807, 2.05) is 4.90 Å². The van der Waals surface area contributed by atoms with Crippen LogP contribution in [-0.2, 0) is 6.54 Å². The standard InChI is InChI=1S/C18H27BrN2/c1-15-3-2-4-18(13-15)21-11-9-20(10-12-21)14-16-5-7-17(19)8-6-16/h5-8,15,18H,2-4,9-14H2,1H3/p+2/t15-,18+/m1/s1. The van der Waals surface area contributed by atoms with E-state index in [-0.39, 0.29) is 0 Å². The van der Waals surface area contributed by atoms with Crippen molar-refractivity contribution in [3.8, 4) is 0 Å². The highest BCUT2D eigenvalue weighted by molar-refractivity contribution is 9.10. The second kappa shape index (κ2) is 7.26. The van der Waals surface area contributed by atoms with Crippen LogP contribution in [0.2, 0.25) is 0 Å². The molecule has 1 aliphatic carbocycles. The molecule has 1 aromatic rings. The summed E-state index contributed by atoms with van der Waals surface area (Å²) < 4.78 is 1.18. The number of hydrogen-bond donors (Lipinski definition) is 2. The first-order chi connectivity index (χ1) is 10.2. The molecule has 2 atom stereocenters. The van der Waals surface area contributed by atoms with Gasteiger partial charge in [0.2, 0.25) is 0 Å². The highest BCUT2D eigenvalue weighted by atomic mass is 79.9. The molecule has 116 valence electrons. The fourth-order valence-corrected chi connectivity index (χ4v) is 4.47. The summed E-state index contributed by atoms with van der Waals surface area (Å²) in [6, 6.07) is 9.82. The van der Waals surface area contributed by atoms with E-state index in [2.05, 4.69) is 47.1 Å². The van der Waals surface area contributed by atoms with Gasteiger partial charge in [0.05, 0.1) is 6.04 Å². The van der Waals surface area contributed by atoms with Crippen LogP contribution in [0.3, 0.4) is 0 Å². The molecule has 21 heavy (non-hydrogen) atoms. The summed E-state index contributed by atoms with van der Waals surface area (Å²) in [4.78, 5) is 3.67. The highest BCUT2D eigenvalue weighted by Crippen LogP contribution is 2.21. The zero-order valence-corrected chi connectivity index (χ0v) is 14.8. The van der Waals surface area contributed by atoms with Crippen LogP contribution in [0.1, 0.15) is 38.2 Å². The molecule has 1 saturated heterocycles. The summed E-state index contributed by atoms with van der Waals surface area (Å²) in [5.41, 5.74) is 1.47. The summed E-state index contributed by atoms with van der Waals surface area (Å²) in [6.07, 6.45) is 5.87. The van der Waals surface area contributed by atoms with Crippen molar-refractivity contribution in [2.45, 2.75) is 45.2 Å². The average Bonchev–Trinajstić information content (AvgIpc) is 2.50. The molecule has 0 bridgehead atoms. The third kappa shape index (κ3) is 4.30. The van der Waals surface area contributed by atoms with Gasteiger partial charge in [-0.2, -0.15) is 0 Å². The second-order valence-corrected chi connectivity index (χ2v) is 8.10. The van der Waals surface area contributed by atoms with Crippen molar-refractivity contribution in [1.82, 2.24) is 0 Å². The summed E-state index contributed by atoms with van der Waals surface area (Å²) in [5.74, 6) is 0.962. The number of halogens is 1. The maximum Gasteiger partial charge on any atom is 0.127 e. The van der Waals surface area contributed by atoms with Crippen LogP contribution >= 0.6 is 15.9 Å². The van der Waals surface area contributed by atoms with Gasteiger partial charge in [-0.15, -0.1) is 0 Å². The summed E-state index contributed by atoms with van der Waals surface area (Å²) >= 11 is 3.52. The van der Waals surface area contributed by atoms with Crippen molar-refractivity contribution in [1.29, 1.82) is 0 Å². The zero-order chi connectivity index (χ0) is 14.7. The molecule has 2 N–H and O–H groups in total. The van der Waals surface area contributed by atoms with E-state index in [0.29, 0.717) is 0 Å². The Morgan fingerprint density at radius 3 is 2.43 bits per heavy atom. The van der Waals surface area contributed by atoms with Gasteiger partial charge in [0.25, 0.3) is 0 Å². The lowest BCUT2D eigenvalue weighted by Gasteiger charge is -2.37. The van der Waals surface area contributed by atoms with Crippen molar-refractivity contribution in [3.05, 3.63) is 34.3 Å². The Kier molecular flexibility index (Phi) is 5.36. The van der Waals surface area contributed by atoms with Crippen LogP contribution in [0.5, 0.6) is 0 Å². The molecule has 1 aromatic carbocycles. The Morgan fingerprint density at radius 1 is 1.05 bits per heavy atom. The van der Waals surface area contributed by atoms with Crippen molar-refractivity contribution < 1.29 is 9.80 Å². The van der Waals surface area contributed by atoms with Gasteiger partial charge in [-0.25, -0.2) is 0 Å². The molecule has 1 aliphatic heterocycles. The number of nitrogens with one attached hydrogen (secondary N) is 2. The minimum Gasteiger partial charge on any atom is -0.323 e. The number of rotatable bonds is 3. The summed E-state index contributed by atoms with van der Waals surface area (Å²) in [6.45, 7) is 9.08. The molecular weight excluding hydrogens is 324 g/mol. The minimum absolute atomic E-state index is 0.961. The fraction of sp³-hybridized carbons (Fsp3) is 0.667. The molecule has 2 nitrogen and oxygen atoms in total. The van der Waals surface area contributed by atoms with Gasteiger partial charge >= 0.3 is 0 Å². The maximum atomic E-state index is 3.52. The number of piperazine rings is 1. The monoisotopic (exact) mass is 352 g/mol. The molecule has 1 saturated carbocycles. The number of quaternary nitrogens is 2. The van der Waals surface area contributed by atoms with Gasteiger partial charge in [0, 0.05) is 16.5 Å². The Hall–Kier alpha value is -0.380. The lowest BCUT2D eigenvalue weighted by Crippen LogP contribution is -3.29. The van der Waals surface area contributed by atoms with E-state index < -0.39 is 0 Å². The first-order valence-electron chi connectivity index (χ1n) is 8.63. The van der Waals surface area contributed by atoms with E-state index in [0.717, 1.165) is 12.0 Å². The third-order valence-corrected chi connectivity index (χ3v) is 6.01. The van der Waals surface area contributed by atoms with Crippen LogP contribution in [0.4, 0.5) is 0 Å². The predicted octanol–water partition coefficient (Wildman–Crippen LogP) is 1.31. The second-order valence-electron chi connectivity index (χ2n) is 7.18. The van der Waals surface area contributed by atoms with Crippen LogP contribution in [0, 0.1) is 5.92 Å². The van der Waals surface area contributed by atoms with Gasteiger partial charge < -0.3 is 9.80 Å². The minimum atomic E-state index is 0.961. The van der Waals surface area contributed by atoms with E-state index in [9.17, 15) is 0 Å². The predicted molar refractivity (Wildman–Crippen MR) is 90.7 cm³/mol. The number of hydrogen-bond acceptors (Lipinski definition) is 0. The molecule has 0 radical (unpaired) electrons. The maximum absolute atomic E-state index is 3.52. The zero-order valence-electron chi connectivity index (χ0n) is 13.2. The lowest BCUT2D eigenvalue weighted by molar-refractivity contribution is -1.03. The molecule has 1 heterocycles. The van der Waals surface area contributed by atoms with Gasteiger partial charge in [-0.1, -0.05) is 41.4 Å². The third-order valence-electron chi connectivity index (χ3n) is 5.48. The molecule has 0 unspecified atom stereocenters. The van der Waals surface area contributed by atoms with E-state index in [4.69, 9.17) is 0 Å². The van der Waals surface area contributed by atoms with E-state index in [1.54, 1.807) is 4.90 Å². The molecule has 0 amide bonds. The Balaban J connectivity index is 1.47. The van der Waals surface area contributed by atoms with Crippen molar-refractivity contribution in [2.75, 3.05) is 26.2 Å². The Labute approximate surface area is 137 Å². The smallest absolute Gasteiger partial charge is 0.127 e. The van der Waals surface area contributed by atoms with Crippen molar-refractivity contribution in [2.24, 2.45) is 5.92 Å². The van der Waals surface area contributed by atoms with Gasteiger partial charge in [0.15, 0.2) is 0 Å². The molecular formula is C18H29BrN2+2. The quantitative estimate of drug-likeness (QED) is 0.811. The average molecular weight is 353 g/mol. The Morgan fingerprint density at radius 2 is 1.76 bits per heavy atom. The van der Waals surface area contributed by atoms with Crippen molar-refractivity contribution >= 4 is 15.9 Å².